The Morgan fingerprint density at radius 2 is 2.00 bits per heavy atom. The standard InChI is InChI=1S/C5H11N/c1-4-6-5(2)3/h4H2,1-3H3. The van der Waals surface area contributed by atoms with E-state index in [2.05, 4.69) is 4.99 Å². The van der Waals surface area contributed by atoms with E-state index in [4.69, 9.17) is 0 Å². The van der Waals surface area contributed by atoms with Crippen LogP contribution >= 0.6 is 0 Å². The minimum absolute atomic E-state index is 0.919. The monoisotopic (exact) mass is 85.1 g/mol. The molecule has 0 heterocycles. The van der Waals surface area contributed by atoms with Gasteiger partial charge in [-0.05, 0) is 20.8 Å². The Labute approximate surface area is 39.1 Å². The van der Waals surface area contributed by atoms with Gasteiger partial charge in [0.2, 0.25) is 0 Å². The third-order valence-corrected chi connectivity index (χ3v) is 0.474. The second-order valence-electron chi connectivity index (χ2n) is 1.42. The molecule has 0 aromatic rings. The van der Waals surface area contributed by atoms with E-state index < -0.39 is 0 Å². The predicted octanol–water partition coefficient (Wildman–Crippen LogP) is 1.49. The highest BCUT2D eigenvalue weighted by atomic mass is 14.7. The Morgan fingerprint density at radius 1 is 1.50 bits per heavy atom. The van der Waals surface area contributed by atoms with E-state index in [1.165, 1.54) is 0 Å². The molecule has 0 bridgehead atoms. The molecule has 0 saturated heterocycles. The van der Waals surface area contributed by atoms with Crippen molar-refractivity contribution in [2.24, 2.45) is 4.99 Å². The van der Waals surface area contributed by atoms with Gasteiger partial charge in [-0.1, -0.05) is 0 Å². The third-order valence-electron chi connectivity index (χ3n) is 0.474. The van der Waals surface area contributed by atoms with Crippen LogP contribution in [-0.4, -0.2) is 12.3 Å². The van der Waals surface area contributed by atoms with Gasteiger partial charge >= 0.3 is 0 Å². The van der Waals surface area contributed by atoms with Gasteiger partial charge in [0.05, 0.1) is 0 Å². The minimum Gasteiger partial charge on any atom is -0.295 e. The summed E-state index contributed by atoms with van der Waals surface area (Å²) >= 11 is 0. The van der Waals surface area contributed by atoms with E-state index in [0.29, 0.717) is 0 Å². The Hall–Kier alpha value is -0.330. The van der Waals surface area contributed by atoms with Crippen LogP contribution in [0.1, 0.15) is 20.8 Å². The van der Waals surface area contributed by atoms with Crippen LogP contribution < -0.4 is 0 Å². The number of nitrogens with zero attached hydrogens (tertiary/aromatic N) is 1. The average Bonchev–Trinajstić information content (AvgIpc) is 1.35. The molecule has 0 amide bonds. The maximum absolute atomic E-state index is 4.04. The molecule has 0 aliphatic rings. The number of hydrogen-bond donors (Lipinski definition) is 0. The first-order valence-corrected chi connectivity index (χ1v) is 2.25. The molecule has 6 heavy (non-hydrogen) atoms. The van der Waals surface area contributed by atoms with Gasteiger partial charge in [-0.25, -0.2) is 0 Å². The second kappa shape index (κ2) is 2.88. The molecule has 0 saturated carbocycles. The molecule has 36 valence electrons. The molecule has 1 heteroatoms. The zero-order valence-corrected chi connectivity index (χ0v) is 4.65. The van der Waals surface area contributed by atoms with Crippen molar-refractivity contribution in [1.82, 2.24) is 0 Å². The fourth-order valence-corrected chi connectivity index (χ4v) is 0.316. The average molecular weight is 85.1 g/mol. The van der Waals surface area contributed by atoms with Crippen molar-refractivity contribution in [3.8, 4) is 0 Å². The van der Waals surface area contributed by atoms with Crippen molar-refractivity contribution in [3.63, 3.8) is 0 Å². The molecule has 0 aliphatic heterocycles. The lowest BCUT2D eigenvalue weighted by molar-refractivity contribution is 1.12. The summed E-state index contributed by atoms with van der Waals surface area (Å²) in [4.78, 5) is 4.04. The zero-order chi connectivity index (χ0) is 4.99. The van der Waals surface area contributed by atoms with Gasteiger partial charge in [0.15, 0.2) is 0 Å². The highest BCUT2D eigenvalue weighted by Gasteiger charge is 1.68. The van der Waals surface area contributed by atoms with Gasteiger partial charge in [0, 0.05) is 12.3 Å². The molecule has 0 aromatic heterocycles. The predicted molar refractivity (Wildman–Crippen MR) is 29.3 cm³/mol. The van der Waals surface area contributed by atoms with Crippen LogP contribution in [0, 0.1) is 0 Å². The van der Waals surface area contributed by atoms with Crippen LogP contribution in [0.3, 0.4) is 0 Å². The Balaban J connectivity index is 3.14. The van der Waals surface area contributed by atoms with Gasteiger partial charge in [0.25, 0.3) is 0 Å². The maximum Gasteiger partial charge on any atom is 0.0360 e. The molecule has 0 N–H and O–H groups in total. The quantitative estimate of drug-likeness (QED) is 0.428. The summed E-state index contributed by atoms with van der Waals surface area (Å²) in [5.74, 6) is 0. The first kappa shape index (κ1) is 5.67. The summed E-state index contributed by atoms with van der Waals surface area (Å²) < 4.78 is 0. The van der Waals surface area contributed by atoms with Crippen LogP contribution in [0.5, 0.6) is 0 Å². The van der Waals surface area contributed by atoms with Crippen molar-refractivity contribution in [1.29, 1.82) is 0 Å². The first-order chi connectivity index (χ1) is 2.77. The minimum atomic E-state index is 0.919. The number of aliphatic imine (C=N–C) groups is 1. The lowest BCUT2D eigenvalue weighted by Gasteiger charge is -1.81. The Bertz CT molecular complexity index is 51.0. The van der Waals surface area contributed by atoms with E-state index in [0.717, 1.165) is 12.3 Å². The van der Waals surface area contributed by atoms with Gasteiger partial charge in [-0.15, -0.1) is 0 Å². The highest BCUT2D eigenvalue weighted by molar-refractivity contribution is 5.78. The van der Waals surface area contributed by atoms with Crippen molar-refractivity contribution >= 4 is 5.71 Å². The second-order valence-corrected chi connectivity index (χ2v) is 1.42. The fraction of sp³-hybridized carbons (Fsp3) is 0.800. The highest BCUT2D eigenvalue weighted by Crippen LogP contribution is 1.70. The van der Waals surface area contributed by atoms with Crippen LogP contribution in [0.15, 0.2) is 4.99 Å². The van der Waals surface area contributed by atoms with Crippen molar-refractivity contribution in [2.75, 3.05) is 6.54 Å². The van der Waals surface area contributed by atoms with E-state index in [1.807, 2.05) is 20.8 Å². The summed E-state index contributed by atoms with van der Waals surface area (Å²) in [5, 5.41) is 0. The molecular weight excluding hydrogens is 74.1 g/mol. The van der Waals surface area contributed by atoms with Crippen molar-refractivity contribution in [2.45, 2.75) is 20.8 Å². The van der Waals surface area contributed by atoms with Crippen LogP contribution in [0.4, 0.5) is 0 Å². The molecule has 0 atom stereocenters. The molecule has 0 fully saturated rings. The SMILES string of the molecule is CCN=C(C)C. The summed E-state index contributed by atoms with van der Waals surface area (Å²) in [6.45, 7) is 6.96. The van der Waals surface area contributed by atoms with Crippen molar-refractivity contribution < 1.29 is 0 Å². The molecule has 0 aromatic carbocycles. The van der Waals surface area contributed by atoms with Gasteiger partial charge in [0.1, 0.15) is 0 Å². The molecule has 1 nitrogen and oxygen atoms in total. The van der Waals surface area contributed by atoms with Gasteiger partial charge < -0.3 is 0 Å². The molecule has 0 unspecified atom stereocenters. The van der Waals surface area contributed by atoms with E-state index in [-0.39, 0.29) is 0 Å². The van der Waals surface area contributed by atoms with E-state index in [1.54, 1.807) is 0 Å². The molecule has 0 rings (SSSR count). The topological polar surface area (TPSA) is 12.4 Å². The molecule has 0 aliphatic carbocycles. The smallest absolute Gasteiger partial charge is 0.0360 e. The van der Waals surface area contributed by atoms with Crippen molar-refractivity contribution in [3.05, 3.63) is 0 Å². The van der Waals surface area contributed by atoms with Crippen LogP contribution in [0.25, 0.3) is 0 Å². The van der Waals surface area contributed by atoms with E-state index >= 15 is 0 Å². The zero-order valence-electron chi connectivity index (χ0n) is 4.65. The largest absolute Gasteiger partial charge is 0.295 e. The summed E-state index contributed by atoms with van der Waals surface area (Å²) in [6.07, 6.45) is 0. The summed E-state index contributed by atoms with van der Waals surface area (Å²) in [6, 6.07) is 0. The van der Waals surface area contributed by atoms with Gasteiger partial charge in [-0.3, -0.25) is 4.99 Å². The Kier molecular flexibility index (Phi) is 2.73. The van der Waals surface area contributed by atoms with E-state index in [9.17, 15) is 0 Å². The molecular formula is C5H11N. The summed E-state index contributed by atoms with van der Waals surface area (Å²) in [5.41, 5.74) is 1.16. The fourth-order valence-electron chi connectivity index (χ4n) is 0.316. The lowest BCUT2D eigenvalue weighted by atomic mass is 10.5. The Morgan fingerprint density at radius 3 is 2.00 bits per heavy atom. The number of hydrogen-bond acceptors (Lipinski definition) is 1. The van der Waals surface area contributed by atoms with Gasteiger partial charge in [-0.2, -0.15) is 0 Å². The maximum atomic E-state index is 4.04. The molecule has 0 spiro atoms. The first-order valence-electron chi connectivity index (χ1n) is 2.25. The van der Waals surface area contributed by atoms with Crippen LogP contribution in [0.2, 0.25) is 0 Å². The normalized spacial score (nSPS) is 7.83. The summed E-state index contributed by atoms with van der Waals surface area (Å²) in [7, 11) is 0. The lowest BCUT2D eigenvalue weighted by Crippen LogP contribution is -1.79. The van der Waals surface area contributed by atoms with Crippen LogP contribution in [-0.2, 0) is 0 Å². The number of rotatable bonds is 1. The third kappa shape index (κ3) is 3.67. The molecule has 0 radical (unpaired) electrons.